The van der Waals surface area contributed by atoms with Gasteiger partial charge in [0, 0.05) is 42.1 Å². The number of fused-ring (bicyclic) bond motifs is 1. The zero-order valence-corrected chi connectivity index (χ0v) is 18.7. The van der Waals surface area contributed by atoms with E-state index in [-0.39, 0.29) is 17.8 Å². The molecule has 0 radical (unpaired) electrons. The molecule has 1 aliphatic rings. The van der Waals surface area contributed by atoms with Crippen LogP contribution in [-0.2, 0) is 10.2 Å². The SMILES string of the molecule is O=C(Nc1cccc(-c2ccc3cnccc3n2)c1)c1ccc(N2CCCNS2(=O)=O)cc1F. The summed E-state index contributed by atoms with van der Waals surface area (Å²) in [5.74, 6) is -1.45. The summed E-state index contributed by atoms with van der Waals surface area (Å²) in [4.78, 5) is 21.5. The average Bonchev–Trinajstić information content (AvgIpc) is 2.83. The van der Waals surface area contributed by atoms with Gasteiger partial charge in [0.2, 0.25) is 0 Å². The number of benzene rings is 2. The highest BCUT2D eigenvalue weighted by atomic mass is 32.2. The fourth-order valence-corrected chi connectivity index (χ4v) is 5.13. The topological polar surface area (TPSA) is 104 Å². The number of aromatic nitrogens is 2. The highest BCUT2D eigenvalue weighted by Gasteiger charge is 2.26. The normalized spacial score (nSPS) is 15.3. The molecule has 2 N–H and O–H groups in total. The van der Waals surface area contributed by atoms with Crippen molar-refractivity contribution in [2.24, 2.45) is 0 Å². The first kappa shape index (κ1) is 21.9. The molecule has 10 heteroatoms. The summed E-state index contributed by atoms with van der Waals surface area (Å²) in [5, 5.41) is 3.62. The molecule has 172 valence electrons. The Morgan fingerprint density at radius 3 is 2.79 bits per heavy atom. The molecule has 3 heterocycles. The number of carbonyl (C=O) groups excluding carboxylic acids is 1. The minimum absolute atomic E-state index is 0.167. The summed E-state index contributed by atoms with van der Waals surface area (Å²) in [5.41, 5.74) is 2.77. The lowest BCUT2D eigenvalue weighted by Gasteiger charge is -2.28. The van der Waals surface area contributed by atoms with Crippen molar-refractivity contribution in [3.05, 3.63) is 84.4 Å². The summed E-state index contributed by atoms with van der Waals surface area (Å²) in [6.45, 7) is 0.583. The first-order valence-electron chi connectivity index (χ1n) is 10.6. The number of carbonyl (C=O) groups is 1. The van der Waals surface area contributed by atoms with Gasteiger partial charge < -0.3 is 5.32 Å². The summed E-state index contributed by atoms with van der Waals surface area (Å²) in [7, 11) is -3.71. The van der Waals surface area contributed by atoms with Crippen molar-refractivity contribution in [2.45, 2.75) is 6.42 Å². The van der Waals surface area contributed by atoms with Gasteiger partial charge in [0.1, 0.15) is 5.82 Å². The predicted octanol–water partition coefficient (Wildman–Crippen LogP) is 3.73. The Kier molecular flexibility index (Phi) is 5.68. The van der Waals surface area contributed by atoms with Gasteiger partial charge in [0.15, 0.2) is 0 Å². The third-order valence-electron chi connectivity index (χ3n) is 5.50. The summed E-state index contributed by atoms with van der Waals surface area (Å²) in [6, 6.07) is 16.5. The second-order valence-electron chi connectivity index (χ2n) is 7.79. The Labute approximate surface area is 195 Å². The molecule has 34 heavy (non-hydrogen) atoms. The Morgan fingerprint density at radius 1 is 1.09 bits per heavy atom. The molecule has 0 aliphatic carbocycles. The van der Waals surface area contributed by atoms with Crippen molar-refractivity contribution < 1.29 is 17.6 Å². The molecule has 0 atom stereocenters. The Bertz CT molecular complexity index is 1510. The highest BCUT2D eigenvalue weighted by Crippen LogP contribution is 2.26. The number of hydrogen-bond donors (Lipinski definition) is 2. The number of nitrogens with one attached hydrogen (secondary N) is 2. The van der Waals surface area contributed by atoms with E-state index < -0.39 is 21.9 Å². The lowest BCUT2D eigenvalue weighted by molar-refractivity contribution is 0.102. The second kappa shape index (κ2) is 8.81. The van der Waals surface area contributed by atoms with Crippen LogP contribution in [0.4, 0.5) is 15.8 Å². The van der Waals surface area contributed by atoms with E-state index in [1.807, 2.05) is 24.3 Å². The van der Waals surface area contributed by atoms with Crippen molar-refractivity contribution in [1.29, 1.82) is 0 Å². The maximum atomic E-state index is 14.8. The van der Waals surface area contributed by atoms with Crippen LogP contribution in [0.2, 0.25) is 0 Å². The minimum atomic E-state index is -3.71. The molecule has 5 rings (SSSR count). The molecule has 1 fully saturated rings. The third-order valence-corrected chi connectivity index (χ3v) is 7.05. The van der Waals surface area contributed by atoms with E-state index in [4.69, 9.17) is 0 Å². The Balaban J connectivity index is 1.37. The van der Waals surface area contributed by atoms with Gasteiger partial charge in [-0.1, -0.05) is 12.1 Å². The zero-order chi connectivity index (χ0) is 23.7. The maximum Gasteiger partial charge on any atom is 0.301 e. The zero-order valence-electron chi connectivity index (χ0n) is 17.9. The number of nitrogens with zero attached hydrogens (tertiary/aromatic N) is 3. The predicted molar refractivity (Wildman–Crippen MR) is 128 cm³/mol. The lowest BCUT2D eigenvalue weighted by atomic mass is 10.1. The molecule has 0 saturated carbocycles. The first-order valence-corrected chi connectivity index (χ1v) is 12.0. The van der Waals surface area contributed by atoms with E-state index in [9.17, 15) is 17.6 Å². The van der Waals surface area contributed by atoms with Crippen LogP contribution in [0, 0.1) is 5.82 Å². The smallest absolute Gasteiger partial charge is 0.301 e. The summed E-state index contributed by atoms with van der Waals surface area (Å²) < 4.78 is 42.7. The Hall–Kier alpha value is -3.89. The number of amides is 1. The van der Waals surface area contributed by atoms with Crippen molar-refractivity contribution in [3.8, 4) is 11.3 Å². The third kappa shape index (κ3) is 4.33. The van der Waals surface area contributed by atoms with Crippen molar-refractivity contribution in [2.75, 3.05) is 22.7 Å². The standard InChI is InChI=1S/C24H20FN5O3S/c25-21-14-19(30-12-2-10-27-34(30,32)33)6-7-20(21)24(31)28-18-4-1-3-16(13-18)22-8-5-17-15-26-11-9-23(17)29-22/h1,3-9,11,13-15,27H,2,10,12H2,(H,28,31). The van der Waals surface area contributed by atoms with Crippen LogP contribution < -0.4 is 14.3 Å². The monoisotopic (exact) mass is 477 g/mol. The fourth-order valence-electron chi connectivity index (χ4n) is 3.81. The minimum Gasteiger partial charge on any atom is -0.322 e. The quantitative estimate of drug-likeness (QED) is 0.466. The van der Waals surface area contributed by atoms with Crippen LogP contribution in [0.1, 0.15) is 16.8 Å². The molecule has 1 amide bonds. The first-order chi connectivity index (χ1) is 16.4. The van der Waals surface area contributed by atoms with Crippen LogP contribution in [0.3, 0.4) is 0 Å². The molecular formula is C24H20FN5O3S. The van der Waals surface area contributed by atoms with E-state index in [0.29, 0.717) is 18.7 Å². The molecule has 0 bridgehead atoms. The molecule has 4 aromatic rings. The molecular weight excluding hydrogens is 457 g/mol. The van der Waals surface area contributed by atoms with Gasteiger partial charge in [-0.2, -0.15) is 13.1 Å². The largest absolute Gasteiger partial charge is 0.322 e. The maximum absolute atomic E-state index is 14.8. The number of halogens is 1. The van der Waals surface area contributed by atoms with Gasteiger partial charge >= 0.3 is 10.2 Å². The average molecular weight is 478 g/mol. The van der Waals surface area contributed by atoms with Crippen LogP contribution in [-0.4, -0.2) is 37.4 Å². The fraction of sp³-hybridized carbons (Fsp3) is 0.125. The Morgan fingerprint density at radius 2 is 1.97 bits per heavy atom. The van der Waals surface area contributed by atoms with Gasteiger partial charge in [-0.25, -0.2) is 9.37 Å². The second-order valence-corrected chi connectivity index (χ2v) is 9.47. The van der Waals surface area contributed by atoms with Gasteiger partial charge in [0.25, 0.3) is 5.91 Å². The molecule has 8 nitrogen and oxygen atoms in total. The lowest BCUT2D eigenvalue weighted by Crippen LogP contribution is -2.47. The summed E-state index contributed by atoms with van der Waals surface area (Å²) >= 11 is 0. The van der Waals surface area contributed by atoms with Crippen LogP contribution in [0.5, 0.6) is 0 Å². The van der Waals surface area contributed by atoms with Gasteiger partial charge in [-0.15, -0.1) is 0 Å². The van der Waals surface area contributed by atoms with Gasteiger partial charge in [-0.05, 0) is 55.0 Å². The molecule has 1 saturated heterocycles. The van der Waals surface area contributed by atoms with E-state index in [2.05, 4.69) is 20.0 Å². The molecule has 0 unspecified atom stereocenters. The molecule has 0 spiro atoms. The van der Waals surface area contributed by atoms with Crippen molar-refractivity contribution in [1.82, 2.24) is 14.7 Å². The molecule has 1 aliphatic heterocycles. The van der Waals surface area contributed by atoms with Crippen LogP contribution in [0.25, 0.3) is 22.2 Å². The van der Waals surface area contributed by atoms with E-state index in [1.54, 1.807) is 30.6 Å². The van der Waals surface area contributed by atoms with Gasteiger partial charge in [0.05, 0.1) is 22.5 Å². The molecule has 2 aromatic carbocycles. The number of pyridine rings is 2. The van der Waals surface area contributed by atoms with E-state index in [0.717, 1.165) is 32.5 Å². The highest BCUT2D eigenvalue weighted by molar-refractivity contribution is 7.90. The van der Waals surface area contributed by atoms with E-state index >= 15 is 0 Å². The van der Waals surface area contributed by atoms with E-state index in [1.165, 1.54) is 12.1 Å². The van der Waals surface area contributed by atoms with Crippen molar-refractivity contribution >= 4 is 38.4 Å². The summed E-state index contributed by atoms with van der Waals surface area (Å²) in [6.07, 6.45) is 4.01. The van der Waals surface area contributed by atoms with Crippen LogP contribution >= 0.6 is 0 Å². The number of rotatable bonds is 4. The van der Waals surface area contributed by atoms with Crippen molar-refractivity contribution in [3.63, 3.8) is 0 Å². The van der Waals surface area contributed by atoms with Gasteiger partial charge in [-0.3, -0.25) is 14.1 Å². The number of hydrogen-bond acceptors (Lipinski definition) is 5. The number of anilines is 2. The van der Waals surface area contributed by atoms with Crippen LogP contribution in [0.15, 0.2) is 73.1 Å². The molecule has 2 aromatic heterocycles.